The molecule has 0 aromatic rings. The average molecular weight is 165 g/mol. The fourth-order valence-electron chi connectivity index (χ4n) is 1.15. The van der Waals surface area contributed by atoms with Gasteiger partial charge in [-0.15, -0.1) is 0 Å². The van der Waals surface area contributed by atoms with Gasteiger partial charge < -0.3 is 5.32 Å². The highest BCUT2D eigenvalue weighted by Gasteiger charge is 2.19. The van der Waals surface area contributed by atoms with Crippen molar-refractivity contribution in [3.63, 3.8) is 0 Å². The van der Waals surface area contributed by atoms with E-state index in [-0.39, 0.29) is 11.8 Å². The normalized spacial score (nSPS) is 27.1. The second kappa shape index (κ2) is 2.86. The Labute approximate surface area is 60.4 Å². The minimum absolute atomic E-state index is 0.0324. The summed E-state index contributed by atoms with van der Waals surface area (Å²) in [5.74, 6) is -0.146. The Morgan fingerprint density at radius 1 is 1.60 bits per heavy atom. The van der Waals surface area contributed by atoms with E-state index in [1.54, 1.807) is 0 Å². The summed E-state index contributed by atoms with van der Waals surface area (Å²) in [6.45, 7) is 0.861. The summed E-state index contributed by atoms with van der Waals surface area (Å²) in [6, 6.07) is -0.0324. The van der Waals surface area contributed by atoms with Gasteiger partial charge in [-0.2, -0.15) is 8.42 Å². The van der Waals surface area contributed by atoms with Gasteiger partial charge in [0.25, 0.3) is 10.1 Å². The Bertz CT molecular complexity index is 193. The van der Waals surface area contributed by atoms with Crippen molar-refractivity contribution in [1.82, 2.24) is 5.32 Å². The quantitative estimate of drug-likeness (QED) is 0.548. The molecule has 0 aromatic heterocycles. The van der Waals surface area contributed by atoms with Gasteiger partial charge in [0, 0.05) is 6.04 Å². The standard InChI is InChI=1S/C5H11NO3S/c7-10(8,9)4-5-2-1-3-6-5/h5-6H,1-4H2,(H,7,8,9)/t5-/m0/s1. The summed E-state index contributed by atoms with van der Waals surface area (Å²) in [7, 11) is -3.77. The molecule has 0 radical (unpaired) electrons. The van der Waals surface area contributed by atoms with Gasteiger partial charge >= 0.3 is 0 Å². The summed E-state index contributed by atoms with van der Waals surface area (Å²) in [6.07, 6.45) is 1.85. The van der Waals surface area contributed by atoms with Gasteiger partial charge in [0.1, 0.15) is 0 Å². The molecule has 0 saturated carbocycles. The summed E-state index contributed by atoms with van der Waals surface area (Å²) in [5.41, 5.74) is 0. The zero-order valence-corrected chi connectivity index (χ0v) is 6.39. The molecular formula is C5H11NO3S. The van der Waals surface area contributed by atoms with Crippen LogP contribution in [-0.4, -0.2) is 31.3 Å². The second-order valence-corrected chi connectivity index (χ2v) is 4.04. The molecule has 0 spiro atoms. The van der Waals surface area contributed by atoms with E-state index in [4.69, 9.17) is 4.55 Å². The van der Waals surface area contributed by atoms with Crippen molar-refractivity contribution in [2.75, 3.05) is 12.3 Å². The topological polar surface area (TPSA) is 66.4 Å². The molecule has 1 atom stereocenters. The third kappa shape index (κ3) is 2.64. The van der Waals surface area contributed by atoms with Crippen molar-refractivity contribution in [2.45, 2.75) is 18.9 Å². The molecule has 1 rings (SSSR count). The van der Waals surface area contributed by atoms with Gasteiger partial charge in [0.15, 0.2) is 0 Å². The number of hydrogen-bond acceptors (Lipinski definition) is 3. The van der Waals surface area contributed by atoms with E-state index in [0.717, 1.165) is 19.4 Å². The van der Waals surface area contributed by atoms with Crippen LogP contribution in [0.15, 0.2) is 0 Å². The van der Waals surface area contributed by atoms with E-state index >= 15 is 0 Å². The van der Waals surface area contributed by atoms with Crippen LogP contribution in [0.5, 0.6) is 0 Å². The third-order valence-corrected chi connectivity index (χ3v) is 2.40. The van der Waals surface area contributed by atoms with Crippen LogP contribution in [-0.2, 0) is 10.1 Å². The van der Waals surface area contributed by atoms with Gasteiger partial charge in [-0.25, -0.2) is 0 Å². The fraction of sp³-hybridized carbons (Fsp3) is 1.00. The first-order valence-corrected chi connectivity index (χ1v) is 4.87. The van der Waals surface area contributed by atoms with E-state index < -0.39 is 10.1 Å². The lowest BCUT2D eigenvalue weighted by Crippen LogP contribution is -2.29. The first-order valence-electron chi connectivity index (χ1n) is 3.26. The van der Waals surface area contributed by atoms with E-state index in [2.05, 4.69) is 5.32 Å². The first kappa shape index (κ1) is 7.97. The Hall–Kier alpha value is -0.130. The molecule has 2 N–H and O–H groups in total. The van der Waals surface area contributed by atoms with Crippen LogP contribution in [0, 0.1) is 0 Å². The average Bonchev–Trinajstić information content (AvgIpc) is 2.12. The smallest absolute Gasteiger partial charge is 0.266 e. The molecule has 10 heavy (non-hydrogen) atoms. The van der Waals surface area contributed by atoms with Gasteiger partial charge in [0.2, 0.25) is 0 Å². The highest BCUT2D eigenvalue weighted by molar-refractivity contribution is 7.85. The van der Waals surface area contributed by atoms with E-state index in [1.165, 1.54) is 0 Å². The molecule has 1 aliphatic rings. The molecule has 1 saturated heterocycles. The molecule has 60 valence electrons. The Morgan fingerprint density at radius 3 is 2.70 bits per heavy atom. The van der Waals surface area contributed by atoms with Crippen molar-refractivity contribution in [1.29, 1.82) is 0 Å². The van der Waals surface area contributed by atoms with Gasteiger partial charge in [-0.3, -0.25) is 4.55 Å². The van der Waals surface area contributed by atoms with Crippen molar-refractivity contribution in [3.05, 3.63) is 0 Å². The molecular weight excluding hydrogens is 154 g/mol. The molecule has 1 heterocycles. The van der Waals surface area contributed by atoms with Crippen LogP contribution in [0.25, 0.3) is 0 Å². The van der Waals surface area contributed by atoms with Crippen LogP contribution in [0.4, 0.5) is 0 Å². The van der Waals surface area contributed by atoms with Crippen LogP contribution in [0.1, 0.15) is 12.8 Å². The molecule has 0 bridgehead atoms. The lowest BCUT2D eigenvalue weighted by molar-refractivity contribution is 0.473. The molecule has 0 aromatic carbocycles. The summed E-state index contributed by atoms with van der Waals surface area (Å²) >= 11 is 0. The third-order valence-electron chi connectivity index (χ3n) is 1.57. The SMILES string of the molecule is O=S(=O)(O)C[C@@H]1CCCN1. The zero-order chi connectivity index (χ0) is 7.61. The van der Waals surface area contributed by atoms with Crippen LogP contribution in [0.2, 0.25) is 0 Å². The number of nitrogens with one attached hydrogen (secondary N) is 1. The Kier molecular flexibility index (Phi) is 2.28. The van der Waals surface area contributed by atoms with Crippen molar-refractivity contribution >= 4 is 10.1 Å². The second-order valence-electron chi connectivity index (χ2n) is 2.54. The van der Waals surface area contributed by atoms with Gasteiger partial charge in [-0.05, 0) is 19.4 Å². The number of rotatable bonds is 2. The van der Waals surface area contributed by atoms with E-state index in [9.17, 15) is 8.42 Å². The first-order chi connectivity index (χ1) is 4.58. The molecule has 0 aliphatic carbocycles. The summed E-state index contributed by atoms with van der Waals surface area (Å²) < 4.78 is 29.0. The Balaban J connectivity index is 2.38. The lowest BCUT2D eigenvalue weighted by Gasteiger charge is -2.05. The maximum absolute atomic E-state index is 10.3. The highest BCUT2D eigenvalue weighted by atomic mass is 32.2. The van der Waals surface area contributed by atoms with Crippen LogP contribution < -0.4 is 5.32 Å². The van der Waals surface area contributed by atoms with Crippen molar-refractivity contribution in [2.24, 2.45) is 0 Å². The monoisotopic (exact) mass is 165 g/mol. The largest absolute Gasteiger partial charge is 0.313 e. The fourth-order valence-corrected chi connectivity index (χ4v) is 1.95. The van der Waals surface area contributed by atoms with Crippen LogP contribution >= 0.6 is 0 Å². The lowest BCUT2D eigenvalue weighted by atomic mass is 10.3. The predicted molar refractivity (Wildman–Crippen MR) is 37.4 cm³/mol. The minimum Gasteiger partial charge on any atom is -0.313 e. The molecule has 4 nitrogen and oxygen atoms in total. The van der Waals surface area contributed by atoms with Crippen molar-refractivity contribution < 1.29 is 13.0 Å². The van der Waals surface area contributed by atoms with Crippen LogP contribution in [0.3, 0.4) is 0 Å². The minimum atomic E-state index is -3.77. The molecule has 0 amide bonds. The van der Waals surface area contributed by atoms with Gasteiger partial charge in [0.05, 0.1) is 5.75 Å². The van der Waals surface area contributed by atoms with Gasteiger partial charge in [-0.1, -0.05) is 0 Å². The molecule has 1 fully saturated rings. The zero-order valence-electron chi connectivity index (χ0n) is 5.58. The molecule has 0 unspecified atom stereocenters. The number of hydrogen-bond donors (Lipinski definition) is 2. The molecule has 1 aliphatic heterocycles. The summed E-state index contributed by atoms with van der Waals surface area (Å²) in [4.78, 5) is 0. The molecule has 5 heteroatoms. The van der Waals surface area contributed by atoms with E-state index in [0.29, 0.717) is 0 Å². The maximum atomic E-state index is 10.3. The summed E-state index contributed by atoms with van der Waals surface area (Å²) in [5, 5.41) is 2.97. The van der Waals surface area contributed by atoms with Crippen molar-refractivity contribution in [3.8, 4) is 0 Å². The predicted octanol–water partition coefficient (Wildman–Crippen LogP) is -0.374. The van der Waals surface area contributed by atoms with E-state index in [1.807, 2.05) is 0 Å². The highest BCUT2D eigenvalue weighted by Crippen LogP contribution is 2.06. The Morgan fingerprint density at radius 2 is 2.30 bits per heavy atom. The maximum Gasteiger partial charge on any atom is 0.266 e.